The summed E-state index contributed by atoms with van der Waals surface area (Å²) in [6.07, 6.45) is -2.54. The van der Waals surface area contributed by atoms with Gasteiger partial charge in [0.15, 0.2) is 0 Å². The second-order valence-electron chi connectivity index (χ2n) is 7.75. The highest BCUT2D eigenvalue weighted by molar-refractivity contribution is 5.31. The first-order valence-electron chi connectivity index (χ1n) is 9.68. The zero-order chi connectivity index (χ0) is 20.4. The van der Waals surface area contributed by atoms with Crippen molar-refractivity contribution in [1.29, 1.82) is 0 Å². The van der Waals surface area contributed by atoms with Crippen molar-refractivity contribution in [3.63, 3.8) is 0 Å². The molecule has 1 aromatic carbocycles. The zero-order valence-electron chi connectivity index (χ0n) is 15.8. The van der Waals surface area contributed by atoms with Crippen molar-refractivity contribution >= 4 is 0 Å². The third-order valence-corrected chi connectivity index (χ3v) is 5.62. The van der Waals surface area contributed by atoms with Crippen molar-refractivity contribution in [2.24, 2.45) is 11.8 Å². The van der Waals surface area contributed by atoms with Gasteiger partial charge in [-0.3, -0.25) is 9.88 Å². The van der Waals surface area contributed by atoms with Gasteiger partial charge in [-0.15, -0.1) is 13.2 Å². The van der Waals surface area contributed by atoms with Crippen LogP contribution in [-0.2, 0) is 6.54 Å². The van der Waals surface area contributed by atoms with E-state index in [0.717, 1.165) is 25.3 Å². The lowest BCUT2D eigenvalue weighted by molar-refractivity contribution is -0.274. The smallest absolute Gasteiger partial charge is 0.488 e. The van der Waals surface area contributed by atoms with Crippen LogP contribution in [0.4, 0.5) is 13.2 Å². The quantitative estimate of drug-likeness (QED) is 0.819. The summed E-state index contributed by atoms with van der Waals surface area (Å²) in [4.78, 5) is 6.74. The molecule has 156 valence electrons. The highest BCUT2D eigenvalue weighted by Crippen LogP contribution is 2.38. The second-order valence-corrected chi connectivity index (χ2v) is 7.75. The third-order valence-electron chi connectivity index (χ3n) is 5.62. The first-order valence-corrected chi connectivity index (χ1v) is 9.68. The maximum atomic E-state index is 12.3. The first kappa shape index (κ1) is 20.0. The van der Waals surface area contributed by atoms with Crippen LogP contribution in [0, 0.1) is 11.8 Å². The van der Waals surface area contributed by atoms with Crippen LogP contribution in [0.2, 0.25) is 0 Å². The number of ether oxygens (including phenoxy) is 2. The number of likely N-dealkylation sites (tertiary alicyclic amines) is 1. The molecule has 1 saturated carbocycles. The van der Waals surface area contributed by atoms with Gasteiger partial charge in [-0.2, -0.15) is 0 Å². The summed E-state index contributed by atoms with van der Waals surface area (Å²) in [6, 6.07) is 11.2. The van der Waals surface area contributed by atoms with Crippen LogP contribution in [0.15, 0.2) is 48.7 Å². The second kappa shape index (κ2) is 8.20. The molecule has 0 bridgehead atoms. The summed E-state index contributed by atoms with van der Waals surface area (Å²) in [7, 11) is 0. The number of pyridine rings is 1. The maximum absolute atomic E-state index is 12.3. The number of halogens is 3. The van der Waals surface area contributed by atoms with Crippen molar-refractivity contribution in [3.8, 4) is 11.5 Å². The Balaban J connectivity index is 1.33. The molecule has 1 N–H and O–H groups in total. The van der Waals surface area contributed by atoms with Crippen LogP contribution in [0.5, 0.6) is 11.5 Å². The lowest BCUT2D eigenvalue weighted by atomic mass is 9.78. The number of fused-ring (bicyclic) bond motifs is 1. The Labute approximate surface area is 167 Å². The molecule has 2 aliphatic rings. The van der Waals surface area contributed by atoms with Crippen LogP contribution < -0.4 is 9.47 Å². The molecule has 1 aromatic heterocycles. The molecule has 0 unspecified atom stereocenters. The van der Waals surface area contributed by atoms with Crippen LogP contribution in [0.3, 0.4) is 0 Å². The molecule has 0 amide bonds. The minimum atomic E-state index is -4.72. The Hall–Kier alpha value is -2.32. The molecule has 0 spiro atoms. The number of rotatable bonds is 5. The maximum Gasteiger partial charge on any atom is 0.573 e. The van der Waals surface area contributed by atoms with Gasteiger partial charge >= 0.3 is 6.36 Å². The molecule has 5 nitrogen and oxygen atoms in total. The summed E-state index contributed by atoms with van der Waals surface area (Å²) in [5.74, 6) is 0.955. The highest BCUT2D eigenvalue weighted by atomic mass is 19.4. The fourth-order valence-corrected chi connectivity index (χ4v) is 4.36. The number of nitrogens with zero attached hydrogens (tertiary/aromatic N) is 2. The van der Waals surface area contributed by atoms with Gasteiger partial charge in [-0.05, 0) is 61.1 Å². The Kier molecular flexibility index (Phi) is 5.65. The third kappa shape index (κ3) is 5.19. The lowest BCUT2D eigenvalue weighted by Crippen LogP contribution is -2.42. The number of hydrogen-bond donors (Lipinski definition) is 1. The van der Waals surface area contributed by atoms with Gasteiger partial charge in [0.2, 0.25) is 0 Å². The Bertz CT molecular complexity index is 801. The van der Waals surface area contributed by atoms with E-state index in [2.05, 4.69) is 14.6 Å². The van der Waals surface area contributed by atoms with Gasteiger partial charge < -0.3 is 14.6 Å². The summed E-state index contributed by atoms with van der Waals surface area (Å²) >= 11 is 0. The molecule has 4 rings (SSSR count). The van der Waals surface area contributed by atoms with Crippen molar-refractivity contribution in [1.82, 2.24) is 9.88 Å². The van der Waals surface area contributed by atoms with Crippen molar-refractivity contribution < 1.29 is 27.8 Å². The summed E-state index contributed by atoms with van der Waals surface area (Å²) in [5.41, 5.74) is 1.03. The fraction of sp³-hybridized carbons (Fsp3) is 0.476. The molecule has 1 saturated heterocycles. The molecule has 2 aromatic rings. The number of aromatic nitrogens is 1. The van der Waals surface area contributed by atoms with Gasteiger partial charge in [-0.25, -0.2) is 0 Å². The van der Waals surface area contributed by atoms with E-state index in [9.17, 15) is 18.3 Å². The van der Waals surface area contributed by atoms with E-state index in [1.54, 1.807) is 6.20 Å². The molecule has 0 radical (unpaired) electrons. The number of aliphatic hydroxyl groups excluding tert-OH is 1. The topological polar surface area (TPSA) is 54.8 Å². The van der Waals surface area contributed by atoms with Crippen LogP contribution in [-0.4, -0.2) is 46.7 Å². The summed E-state index contributed by atoms with van der Waals surface area (Å²) in [6.45, 7) is 2.64. The van der Waals surface area contributed by atoms with Crippen LogP contribution >= 0.6 is 0 Å². The molecular weight excluding hydrogens is 385 g/mol. The number of hydrogen-bond acceptors (Lipinski definition) is 5. The minimum Gasteiger partial charge on any atom is -0.488 e. The number of aliphatic hydroxyl groups is 1. The van der Waals surface area contributed by atoms with Gasteiger partial charge in [0, 0.05) is 25.8 Å². The SMILES string of the molecule is O[C@@H]1C[C@H]2CN(Cc3ccccn3)C[C@H]2C[C@H]1Oc1ccc(OC(F)(F)F)cc1. The number of benzene rings is 1. The Morgan fingerprint density at radius 1 is 1.00 bits per heavy atom. The fourth-order valence-electron chi connectivity index (χ4n) is 4.36. The predicted molar refractivity (Wildman–Crippen MR) is 99.3 cm³/mol. The molecule has 2 heterocycles. The lowest BCUT2D eigenvalue weighted by Gasteiger charge is -2.35. The molecule has 8 heteroatoms. The van der Waals surface area contributed by atoms with Crippen molar-refractivity contribution in [2.45, 2.75) is 38.0 Å². The average molecular weight is 408 g/mol. The number of alkyl halides is 3. The van der Waals surface area contributed by atoms with E-state index in [0.29, 0.717) is 30.4 Å². The van der Waals surface area contributed by atoms with E-state index in [1.165, 1.54) is 24.3 Å². The van der Waals surface area contributed by atoms with Gasteiger partial charge in [0.25, 0.3) is 0 Å². The first-order chi connectivity index (χ1) is 13.9. The summed E-state index contributed by atoms with van der Waals surface area (Å²) in [5, 5.41) is 10.5. The van der Waals surface area contributed by atoms with Crippen LogP contribution in [0.1, 0.15) is 18.5 Å². The van der Waals surface area contributed by atoms with E-state index < -0.39 is 12.5 Å². The minimum absolute atomic E-state index is 0.296. The molecule has 2 fully saturated rings. The Morgan fingerprint density at radius 3 is 2.34 bits per heavy atom. The van der Waals surface area contributed by atoms with E-state index in [-0.39, 0.29) is 11.9 Å². The standard InChI is InChI=1S/C21H23F3N2O3/c22-21(23,24)29-18-6-4-17(5-7-18)28-20-10-15-12-26(11-14(15)9-19(20)27)13-16-3-1-2-8-25-16/h1-8,14-15,19-20,27H,9-13H2/t14-,15+,19+,20+/m0/s1. The Morgan fingerprint density at radius 2 is 1.69 bits per heavy atom. The van der Waals surface area contributed by atoms with Crippen molar-refractivity contribution in [2.75, 3.05) is 13.1 Å². The molecule has 1 aliphatic carbocycles. The highest BCUT2D eigenvalue weighted by Gasteiger charge is 2.42. The largest absolute Gasteiger partial charge is 0.573 e. The monoisotopic (exact) mass is 408 g/mol. The van der Waals surface area contributed by atoms with E-state index in [4.69, 9.17) is 4.74 Å². The van der Waals surface area contributed by atoms with Crippen LogP contribution in [0.25, 0.3) is 0 Å². The molecule has 29 heavy (non-hydrogen) atoms. The van der Waals surface area contributed by atoms with Gasteiger partial charge in [-0.1, -0.05) is 6.07 Å². The zero-order valence-corrected chi connectivity index (χ0v) is 15.8. The molecule has 1 aliphatic heterocycles. The predicted octanol–water partition coefficient (Wildman–Crippen LogP) is 3.63. The van der Waals surface area contributed by atoms with Gasteiger partial charge in [0.1, 0.15) is 17.6 Å². The van der Waals surface area contributed by atoms with E-state index >= 15 is 0 Å². The summed E-state index contributed by atoms with van der Waals surface area (Å²) < 4.78 is 46.6. The van der Waals surface area contributed by atoms with E-state index in [1.807, 2.05) is 18.2 Å². The molecular formula is C21H23F3N2O3. The van der Waals surface area contributed by atoms with Crippen molar-refractivity contribution in [3.05, 3.63) is 54.4 Å². The van der Waals surface area contributed by atoms with Gasteiger partial charge in [0.05, 0.1) is 11.8 Å². The molecule has 4 atom stereocenters. The average Bonchev–Trinajstić information content (AvgIpc) is 3.04. The normalized spacial score (nSPS) is 27.4.